The average Bonchev–Trinajstić information content (AvgIpc) is 2.39. The summed E-state index contributed by atoms with van der Waals surface area (Å²) in [6.07, 6.45) is 0. The first-order valence-electron chi connectivity index (χ1n) is 5.15. The van der Waals surface area contributed by atoms with E-state index in [4.69, 9.17) is 4.74 Å². The number of ether oxygens (including phenoxy) is 1. The van der Waals surface area contributed by atoms with E-state index in [2.05, 4.69) is 11.0 Å². The average molecular weight is 212 g/mol. The fraction of sp³-hybridized carbons (Fsp3) is 0.143. The molecule has 0 atom stereocenters. The van der Waals surface area contributed by atoms with Crippen molar-refractivity contribution in [3.63, 3.8) is 0 Å². The Morgan fingerprint density at radius 3 is 2.06 bits per heavy atom. The fourth-order valence-corrected chi connectivity index (χ4v) is 1.56. The van der Waals surface area contributed by atoms with Crippen molar-refractivity contribution in [3.8, 4) is 5.75 Å². The normalized spacial score (nSPS) is 9.88. The second kappa shape index (κ2) is 4.71. The van der Waals surface area contributed by atoms with Gasteiger partial charge in [-0.2, -0.15) is 0 Å². The van der Waals surface area contributed by atoms with Crippen molar-refractivity contribution in [1.82, 2.24) is 0 Å². The Balaban J connectivity index is 2.24. The predicted molar refractivity (Wildman–Crippen MR) is 66.3 cm³/mol. The van der Waals surface area contributed by atoms with Gasteiger partial charge < -0.3 is 9.64 Å². The van der Waals surface area contributed by atoms with E-state index in [1.807, 2.05) is 55.6 Å². The van der Waals surface area contributed by atoms with E-state index in [9.17, 15) is 0 Å². The number of nitrogens with zero attached hydrogens (tertiary/aromatic N) is 1. The molecular weight excluding hydrogens is 198 g/mol. The predicted octanol–water partition coefficient (Wildman–Crippen LogP) is 3.26. The van der Waals surface area contributed by atoms with Crippen molar-refractivity contribution in [2.75, 3.05) is 19.1 Å². The van der Waals surface area contributed by atoms with Gasteiger partial charge in [0.05, 0.1) is 7.11 Å². The zero-order chi connectivity index (χ0) is 11.4. The third-order valence-electron chi connectivity index (χ3n) is 2.55. The van der Waals surface area contributed by atoms with E-state index < -0.39 is 0 Å². The Kier molecular flexibility index (Phi) is 3.10. The highest BCUT2D eigenvalue weighted by Crippen LogP contribution is 2.24. The SMILES string of the molecule is COc1ccc(N(C)c2cc[c]cc2)cc1. The number of hydrogen-bond acceptors (Lipinski definition) is 2. The summed E-state index contributed by atoms with van der Waals surface area (Å²) >= 11 is 0. The summed E-state index contributed by atoms with van der Waals surface area (Å²) in [5, 5.41) is 0. The lowest BCUT2D eigenvalue weighted by atomic mass is 10.2. The highest BCUT2D eigenvalue weighted by atomic mass is 16.5. The van der Waals surface area contributed by atoms with Gasteiger partial charge in [-0.15, -0.1) is 0 Å². The standard InChI is InChI=1S/C14H14NO/c1-15(12-6-4-3-5-7-12)13-8-10-14(16-2)11-9-13/h4-11H,1-2H3. The molecule has 2 aromatic carbocycles. The second-order valence-corrected chi connectivity index (χ2v) is 3.52. The van der Waals surface area contributed by atoms with Gasteiger partial charge in [-0.3, -0.25) is 0 Å². The molecule has 0 N–H and O–H groups in total. The molecule has 1 radical (unpaired) electrons. The summed E-state index contributed by atoms with van der Waals surface area (Å²) in [5.74, 6) is 0.874. The molecule has 2 aromatic rings. The molecule has 0 aromatic heterocycles. The molecule has 0 saturated heterocycles. The van der Waals surface area contributed by atoms with Gasteiger partial charge in [0.25, 0.3) is 0 Å². The van der Waals surface area contributed by atoms with Crippen molar-refractivity contribution in [3.05, 3.63) is 54.6 Å². The van der Waals surface area contributed by atoms with Crippen LogP contribution in [0.25, 0.3) is 0 Å². The molecule has 0 heterocycles. The summed E-state index contributed by atoms with van der Waals surface area (Å²) in [7, 11) is 3.71. The smallest absolute Gasteiger partial charge is 0.119 e. The zero-order valence-electron chi connectivity index (χ0n) is 9.47. The first-order valence-corrected chi connectivity index (χ1v) is 5.15. The van der Waals surface area contributed by atoms with E-state index in [-0.39, 0.29) is 0 Å². The molecule has 0 aliphatic heterocycles. The van der Waals surface area contributed by atoms with Gasteiger partial charge in [0.15, 0.2) is 0 Å². The molecule has 0 amide bonds. The summed E-state index contributed by atoms with van der Waals surface area (Å²) < 4.78 is 5.13. The molecule has 81 valence electrons. The lowest BCUT2D eigenvalue weighted by Crippen LogP contribution is -2.08. The molecule has 0 aliphatic rings. The van der Waals surface area contributed by atoms with E-state index in [1.54, 1.807) is 7.11 Å². The third kappa shape index (κ3) is 2.16. The van der Waals surface area contributed by atoms with Crippen molar-refractivity contribution >= 4 is 11.4 Å². The molecule has 0 fully saturated rings. The van der Waals surface area contributed by atoms with E-state index >= 15 is 0 Å². The largest absolute Gasteiger partial charge is 0.497 e. The molecule has 0 saturated carbocycles. The van der Waals surface area contributed by atoms with Crippen LogP contribution < -0.4 is 9.64 Å². The number of rotatable bonds is 3. The Bertz CT molecular complexity index is 436. The molecule has 0 aliphatic carbocycles. The van der Waals surface area contributed by atoms with Crippen molar-refractivity contribution < 1.29 is 4.74 Å². The fourth-order valence-electron chi connectivity index (χ4n) is 1.56. The number of anilines is 2. The lowest BCUT2D eigenvalue weighted by Gasteiger charge is -2.19. The van der Waals surface area contributed by atoms with Crippen molar-refractivity contribution in [1.29, 1.82) is 0 Å². The van der Waals surface area contributed by atoms with Crippen LogP contribution in [-0.4, -0.2) is 14.2 Å². The van der Waals surface area contributed by atoms with Gasteiger partial charge >= 0.3 is 0 Å². The van der Waals surface area contributed by atoms with Crippen LogP contribution in [0, 0.1) is 6.07 Å². The topological polar surface area (TPSA) is 12.5 Å². The van der Waals surface area contributed by atoms with Crippen LogP contribution in [0.1, 0.15) is 0 Å². The van der Waals surface area contributed by atoms with Crippen LogP contribution >= 0.6 is 0 Å². The summed E-state index contributed by atoms with van der Waals surface area (Å²) in [5.41, 5.74) is 2.27. The molecule has 0 spiro atoms. The van der Waals surface area contributed by atoms with Gasteiger partial charge in [-0.05, 0) is 42.5 Å². The van der Waals surface area contributed by atoms with Gasteiger partial charge in [-0.25, -0.2) is 0 Å². The summed E-state index contributed by atoms with van der Waals surface area (Å²) in [6, 6.07) is 18.9. The molecular formula is C14H14NO. The maximum atomic E-state index is 5.13. The molecule has 0 bridgehead atoms. The molecule has 0 unspecified atom stereocenters. The minimum absolute atomic E-state index is 0.874. The monoisotopic (exact) mass is 212 g/mol. The van der Waals surface area contributed by atoms with Crippen LogP contribution in [0.3, 0.4) is 0 Å². The van der Waals surface area contributed by atoms with Gasteiger partial charge in [0.2, 0.25) is 0 Å². The molecule has 2 rings (SSSR count). The Hall–Kier alpha value is -1.96. The van der Waals surface area contributed by atoms with Gasteiger partial charge in [0, 0.05) is 18.4 Å². The maximum Gasteiger partial charge on any atom is 0.119 e. The van der Waals surface area contributed by atoms with Crippen molar-refractivity contribution in [2.45, 2.75) is 0 Å². The number of benzene rings is 2. The highest BCUT2D eigenvalue weighted by molar-refractivity contribution is 5.62. The van der Waals surface area contributed by atoms with Gasteiger partial charge in [-0.1, -0.05) is 12.1 Å². The minimum Gasteiger partial charge on any atom is -0.497 e. The Morgan fingerprint density at radius 2 is 1.50 bits per heavy atom. The van der Waals surface area contributed by atoms with E-state index in [0.29, 0.717) is 0 Å². The number of methoxy groups -OCH3 is 1. The summed E-state index contributed by atoms with van der Waals surface area (Å²) in [4.78, 5) is 2.12. The van der Waals surface area contributed by atoms with E-state index in [1.165, 1.54) is 0 Å². The first-order chi connectivity index (χ1) is 7.81. The summed E-state index contributed by atoms with van der Waals surface area (Å²) in [6.45, 7) is 0. The van der Waals surface area contributed by atoms with Crippen LogP contribution in [0.15, 0.2) is 48.5 Å². The minimum atomic E-state index is 0.874. The van der Waals surface area contributed by atoms with Crippen LogP contribution in [0.2, 0.25) is 0 Å². The Morgan fingerprint density at radius 1 is 0.938 bits per heavy atom. The second-order valence-electron chi connectivity index (χ2n) is 3.52. The number of hydrogen-bond donors (Lipinski definition) is 0. The van der Waals surface area contributed by atoms with Crippen LogP contribution in [0.4, 0.5) is 11.4 Å². The van der Waals surface area contributed by atoms with Crippen molar-refractivity contribution in [2.24, 2.45) is 0 Å². The highest BCUT2D eigenvalue weighted by Gasteiger charge is 2.02. The van der Waals surface area contributed by atoms with Crippen LogP contribution in [0.5, 0.6) is 5.75 Å². The quantitative estimate of drug-likeness (QED) is 0.774. The van der Waals surface area contributed by atoms with Gasteiger partial charge in [0.1, 0.15) is 5.75 Å². The molecule has 2 heteroatoms. The maximum absolute atomic E-state index is 5.13. The lowest BCUT2D eigenvalue weighted by molar-refractivity contribution is 0.415. The molecule has 16 heavy (non-hydrogen) atoms. The van der Waals surface area contributed by atoms with Crippen LogP contribution in [-0.2, 0) is 0 Å². The van der Waals surface area contributed by atoms with E-state index in [0.717, 1.165) is 17.1 Å². The zero-order valence-corrected chi connectivity index (χ0v) is 9.47. The Labute approximate surface area is 96.1 Å². The molecule has 2 nitrogen and oxygen atoms in total. The first kappa shape index (κ1) is 10.6. The third-order valence-corrected chi connectivity index (χ3v) is 2.55.